The first-order chi connectivity index (χ1) is 12.6. The van der Waals surface area contributed by atoms with E-state index in [1.54, 1.807) is 0 Å². The molecule has 0 bridgehead atoms. The number of carbonyl (C=O) groups is 1. The molecule has 1 spiro atoms. The third-order valence-electron chi connectivity index (χ3n) is 6.61. The van der Waals surface area contributed by atoms with Crippen molar-refractivity contribution >= 4 is 5.91 Å². The summed E-state index contributed by atoms with van der Waals surface area (Å²) in [6.07, 6.45) is 8.02. The van der Waals surface area contributed by atoms with Crippen LogP contribution in [0.3, 0.4) is 0 Å². The van der Waals surface area contributed by atoms with Crippen molar-refractivity contribution in [3.05, 3.63) is 47.0 Å². The summed E-state index contributed by atoms with van der Waals surface area (Å²) in [5.41, 5.74) is 3.34. The molecule has 2 aromatic rings. The van der Waals surface area contributed by atoms with Crippen LogP contribution in [-0.4, -0.2) is 38.7 Å². The van der Waals surface area contributed by atoms with Gasteiger partial charge in [-0.2, -0.15) is 0 Å². The van der Waals surface area contributed by atoms with Crippen molar-refractivity contribution < 1.29 is 4.79 Å². The zero-order valence-electron chi connectivity index (χ0n) is 15.6. The normalized spacial score (nSPS) is 24.1. The molecule has 1 saturated heterocycles. The van der Waals surface area contributed by atoms with Gasteiger partial charge in [0.1, 0.15) is 12.2 Å². The van der Waals surface area contributed by atoms with Crippen molar-refractivity contribution in [1.82, 2.24) is 19.7 Å². The molecule has 2 saturated carbocycles. The number of aryl methyl sites for hydroxylation is 2. The van der Waals surface area contributed by atoms with Crippen LogP contribution in [0.25, 0.3) is 0 Å². The molecule has 5 heteroatoms. The first-order valence-corrected chi connectivity index (χ1v) is 9.83. The summed E-state index contributed by atoms with van der Waals surface area (Å²) in [4.78, 5) is 15.3. The predicted molar refractivity (Wildman–Crippen MR) is 99.1 cm³/mol. The van der Waals surface area contributed by atoms with E-state index in [-0.39, 0.29) is 11.3 Å². The van der Waals surface area contributed by atoms with Gasteiger partial charge >= 0.3 is 0 Å². The van der Waals surface area contributed by atoms with E-state index in [9.17, 15) is 4.79 Å². The lowest BCUT2D eigenvalue weighted by Crippen LogP contribution is -2.38. The number of rotatable bonds is 3. The minimum atomic E-state index is 0.170. The van der Waals surface area contributed by atoms with E-state index in [1.165, 1.54) is 32.1 Å². The zero-order chi connectivity index (χ0) is 17.9. The van der Waals surface area contributed by atoms with Crippen molar-refractivity contribution in [2.75, 3.05) is 13.1 Å². The number of nitrogens with zero attached hydrogens (tertiary/aromatic N) is 4. The highest BCUT2D eigenvalue weighted by molar-refractivity contribution is 5.95. The van der Waals surface area contributed by atoms with Crippen molar-refractivity contribution in [1.29, 1.82) is 0 Å². The van der Waals surface area contributed by atoms with Crippen LogP contribution in [0.15, 0.2) is 24.5 Å². The maximum Gasteiger partial charge on any atom is 0.253 e. The van der Waals surface area contributed by atoms with Gasteiger partial charge in [0, 0.05) is 30.6 Å². The second-order valence-corrected chi connectivity index (χ2v) is 8.66. The van der Waals surface area contributed by atoms with Crippen LogP contribution in [-0.2, 0) is 0 Å². The van der Waals surface area contributed by atoms with Crippen LogP contribution in [0.5, 0.6) is 0 Å². The number of likely N-dealkylation sites (tertiary alicyclic amines) is 1. The average Bonchev–Trinajstić information content (AvgIpc) is 3.16. The van der Waals surface area contributed by atoms with Gasteiger partial charge in [-0.1, -0.05) is 23.6 Å². The molecule has 3 fully saturated rings. The Morgan fingerprint density at radius 3 is 2.50 bits per heavy atom. The lowest BCUT2D eigenvalue weighted by molar-refractivity contribution is 0.0723. The standard InChI is InChI=1S/C21H26N4O/c1-14-8-15(2)10-16(9-14)20(26)24-11-18(21(12-24)6-3-7-21)19-23-22-13-25(19)17-4-5-17/h8-10,13,17-18H,3-7,11-12H2,1-2H3. The van der Waals surface area contributed by atoms with Gasteiger partial charge in [0.15, 0.2) is 0 Å². The Bertz CT molecular complexity index is 842. The number of aromatic nitrogens is 3. The van der Waals surface area contributed by atoms with Gasteiger partial charge in [-0.25, -0.2) is 0 Å². The van der Waals surface area contributed by atoms with E-state index in [0.29, 0.717) is 12.0 Å². The first-order valence-electron chi connectivity index (χ1n) is 9.83. The monoisotopic (exact) mass is 350 g/mol. The molecule has 1 aromatic heterocycles. The lowest BCUT2D eigenvalue weighted by atomic mass is 9.62. The Morgan fingerprint density at radius 1 is 1.15 bits per heavy atom. The third kappa shape index (κ3) is 2.48. The van der Waals surface area contributed by atoms with Crippen LogP contribution in [0, 0.1) is 19.3 Å². The van der Waals surface area contributed by atoms with E-state index in [0.717, 1.165) is 35.6 Å². The highest BCUT2D eigenvalue weighted by Gasteiger charge is 2.54. The van der Waals surface area contributed by atoms with Gasteiger partial charge < -0.3 is 9.47 Å². The van der Waals surface area contributed by atoms with Crippen LogP contribution in [0.1, 0.15) is 71.4 Å². The Balaban J connectivity index is 1.45. The predicted octanol–water partition coefficient (Wildman–Crippen LogP) is 3.64. The van der Waals surface area contributed by atoms with Gasteiger partial charge in [-0.15, -0.1) is 10.2 Å². The van der Waals surface area contributed by atoms with Crippen molar-refractivity contribution in [2.24, 2.45) is 5.41 Å². The highest BCUT2D eigenvalue weighted by atomic mass is 16.2. The molecule has 0 N–H and O–H groups in total. The number of hydrogen-bond donors (Lipinski definition) is 0. The molecule has 5 nitrogen and oxygen atoms in total. The second-order valence-electron chi connectivity index (χ2n) is 8.66. The fourth-order valence-electron chi connectivity index (χ4n) is 5.03. The summed E-state index contributed by atoms with van der Waals surface area (Å²) in [6.45, 7) is 5.75. The quantitative estimate of drug-likeness (QED) is 0.849. The molecule has 1 atom stereocenters. The maximum absolute atomic E-state index is 13.2. The maximum atomic E-state index is 13.2. The average molecular weight is 350 g/mol. The Morgan fingerprint density at radius 2 is 1.88 bits per heavy atom. The van der Waals surface area contributed by atoms with E-state index in [4.69, 9.17) is 0 Å². The van der Waals surface area contributed by atoms with Gasteiger partial charge in [-0.3, -0.25) is 4.79 Å². The summed E-state index contributed by atoms with van der Waals surface area (Å²) < 4.78 is 2.29. The van der Waals surface area contributed by atoms with E-state index in [2.05, 4.69) is 39.6 Å². The molecular weight excluding hydrogens is 324 g/mol. The number of benzene rings is 1. The van der Waals surface area contributed by atoms with Crippen LogP contribution < -0.4 is 0 Å². The molecule has 1 amide bonds. The summed E-state index contributed by atoms with van der Waals surface area (Å²) in [6, 6.07) is 6.74. The minimum Gasteiger partial charge on any atom is -0.337 e. The highest BCUT2D eigenvalue weighted by Crippen LogP contribution is 2.56. The molecule has 26 heavy (non-hydrogen) atoms. The van der Waals surface area contributed by atoms with Crippen LogP contribution in [0.4, 0.5) is 0 Å². The van der Waals surface area contributed by atoms with Crippen LogP contribution >= 0.6 is 0 Å². The molecule has 0 radical (unpaired) electrons. The summed E-state index contributed by atoms with van der Waals surface area (Å²) >= 11 is 0. The molecule has 2 aliphatic carbocycles. The smallest absolute Gasteiger partial charge is 0.253 e. The lowest BCUT2D eigenvalue weighted by Gasteiger charge is -2.42. The van der Waals surface area contributed by atoms with E-state index < -0.39 is 0 Å². The molecular formula is C21H26N4O. The summed E-state index contributed by atoms with van der Waals surface area (Å²) in [5.74, 6) is 1.61. The van der Waals surface area contributed by atoms with E-state index >= 15 is 0 Å². The molecule has 1 aromatic carbocycles. The van der Waals surface area contributed by atoms with E-state index in [1.807, 2.05) is 18.5 Å². The SMILES string of the molecule is Cc1cc(C)cc(C(=O)N2CC(c3nncn3C3CC3)C3(CCC3)C2)c1. The zero-order valence-corrected chi connectivity index (χ0v) is 15.6. The number of carbonyl (C=O) groups excluding carboxylic acids is 1. The largest absolute Gasteiger partial charge is 0.337 e. The fourth-order valence-corrected chi connectivity index (χ4v) is 5.03. The van der Waals surface area contributed by atoms with Gasteiger partial charge in [-0.05, 0) is 57.1 Å². The second kappa shape index (κ2) is 5.66. The van der Waals surface area contributed by atoms with Crippen molar-refractivity contribution in [3.8, 4) is 0 Å². The van der Waals surface area contributed by atoms with Crippen molar-refractivity contribution in [3.63, 3.8) is 0 Å². The first kappa shape index (κ1) is 16.0. The molecule has 1 unspecified atom stereocenters. The molecule has 136 valence electrons. The van der Waals surface area contributed by atoms with Crippen LogP contribution in [0.2, 0.25) is 0 Å². The minimum absolute atomic E-state index is 0.170. The number of hydrogen-bond acceptors (Lipinski definition) is 3. The molecule has 2 heterocycles. The molecule has 3 aliphatic rings. The fraction of sp³-hybridized carbons (Fsp3) is 0.571. The van der Waals surface area contributed by atoms with Crippen molar-refractivity contribution in [2.45, 2.75) is 57.9 Å². The van der Waals surface area contributed by atoms with Gasteiger partial charge in [0.05, 0.1) is 0 Å². The summed E-state index contributed by atoms with van der Waals surface area (Å²) in [5, 5.41) is 8.72. The summed E-state index contributed by atoms with van der Waals surface area (Å²) in [7, 11) is 0. The third-order valence-corrected chi connectivity index (χ3v) is 6.61. The Labute approximate surface area is 154 Å². The number of amides is 1. The van der Waals surface area contributed by atoms with Gasteiger partial charge in [0.2, 0.25) is 0 Å². The Kier molecular flexibility index (Phi) is 3.49. The van der Waals surface area contributed by atoms with Gasteiger partial charge in [0.25, 0.3) is 5.91 Å². The molecule has 5 rings (SSSR count). The molecule has 1 aliphatic heterocycles. The topological polar surface area (TPSA) is 51.0 Å². The Hall–Kier alpha value is -2.17.